The monoisotopic (exact) mass is 235 g/mol. The summed E-state index contributed by atoms with van der Waals surface area (Å²) in [7, 11) is 0. The number of anilines is 1. The lowest BCUT2D eigenvalue weighted by Gasteiger charge is -2.05. The molecule has 0 radical (unpaired) electrons. The third-order valence-electron chi connectivity index (χ3n) is 2.50. The van der Waals surface area contributed by atoms with E-state index in [1.54, 1.807) is 25.1 Å². The Kier molecular flexibility index (Phi) is 2.84. The smallest absolute Gasteiger partial charge is 0.126 e. The fraction of sp³-hybridized carbons (Fsp3) is 0.0769. The predicted octanol–water partition coefficient (Wildman–Crippen LogP) is 4.04. The fourth-order valence-electron chi connectivity index (χ4n) is 1.50. The number of benzene rings is 2. The van der Waals surface area contributed by atoms with Crippen LogP contribution in [0.3, 0.4) is 0 Å². The van der Waals surface area contributed by atoms with Crippen molar-refractivity contribution in [3.63, 3.8) is 0 Å². The lowest BCUT2D eigenvalue weighted by Crippen LogP contribution is -1.88. The van der Waals surface area contributed by atoms with Gasteiger partial charge in [-0.1, -0.05) is 29.8 Å². The zero-order chi connectivity index (χ0) is 11.7. The number of hydrogen-bond acceptors (Lipinski definition) is 1. The van der Waals surface area contributed by atoms with Crippen molar-refractivity contribution in [1.82, 2.24) is 0 Å². The van der Waals surface area contributed by atoms with Crippen molar-refractivity contribution in [1.29, 1.82) is 0 Å². The van der Waals surface area contributed by atoms with Gasteiger partial charge in [0.25, 0.3) is 0 Å². The van der Waals surface area contributed by atoms with Crippen molar-refractivity contribution in [2.45, 2.75) is 6.92 Å². The van der Waals surface area contributed by atoms with Gasteiger partial charge in [-0.3, -0.25) is 0 Å². The largest absolute Gasteiger partial charge is 0.398 e. The van der Waals surface area contributed by atoms with Crippen LogP contribution in [0.2, 0.25) is 5.02 Å². The molecule has 3 heteroatoms. The number of hydrogen-bond donors (Lipinski definition) is 1. The second-order valence-electron chi connectivity index (χ2n) is 3.70. The van der Waals surface area contributed by atoms with E-state index < -0.39 is 0 Å². The second kappa shape index (κ2) is 4.14. The maximum Gasteiger partial charge on any atom is 0.126 e. The summed E-state index contributed by atoms with van der Waals surface area (Å²) in [6.07, 6.45) is 0. The summed E-state index contributed by atoms with van der Waals surface area (Å²) in [5, 5.41) is 0.510. The van der Waals surface area contributed by atoms with Crippen molar-refractivity contribution in [2.75, 3.05) is 5.73 Å². The van der Waals surface area contributed by atoms with Crippen molar-refractivity contribution < 1.29 is 4.39 Å². The molecule has 16 heavy (non-hydrogen) atoms. The number of rotatable bonds is 1. The van der Waals surface area contributed by atoms with Gasteiger partial charge in [0, 0.05) is 0 Å². The topological polar surface area (TPSA) is 26.0 Å². The summed E-state index contributed by atoms with van der Waals surface area (Å²) in [5.74, 6) is -0.217. The molecule has 0 bridgehead atoms. The molecule has 0 unspecified atom stereocenters. The highest BCUT2D eigenvalue weighted by Crippen LogP contribution is 2.27. The van der Waals surface area contributed by atoms with E-state index in [2.05, 4.69) is 0 Å². The normalized spacial score (nSPS) is 10.4. The van der Waals surface area contributed by atoms with E-state index >= 15 is 0 Å². The first-order chi connectivity index (χ1) is 7.58. The lowest BCUT2D eigenvalue weighted by atomic mass is 10.0. The van der Waals surface area contributed by atoms with E-state index in [0.29, 0.717) is 16.3 Å². The Morgan fingerprint density at radius 3 is 2.31 bits per heavy atom. The number of nitrogen functional groups attached to an aromatic ring is 1. The quantitative estimate of drug-likeness (QED) is 0.742. The number of aryl methyl sites for hydroxylation is 1. The third kappa shape index (κ3) is 2.02. The van der Waals surface area contributed by atoms with E-state index in [1.807, 2.05) is 12.1 Å². The Balaban J connectivity index is 2.50. The molecule has 0 amide bonds. The molecule has 0 saturated carbocycles. The Bertz CT molecular complexity index is 488. The van der Waals surface area contributed by atoms with Crippen LogP contribution in [-0.2, 0) is 0 Å². The summed E-state index contributed by atoms with van der Waals surface area (Å²) in [5.41, 5.74) is 8.49. The first kappa shape index (κ1) is 11.0. The first-order valence-corrected chi connectivity index (χ1v) is 5.27. The van der Waals surface area contributed by atoms with Crippen LogP contribution in [0.15, 0.2) is 36.4 Å². The zero-order valence-electron chi connectivity index (χ0n) is 8.80. The number of halogens is 2. The van der Waals surface area contributed by atoms with Crippen LogP contribution in [0.4, 0.5) is 10.1 Å². The molecule has 1 nitrogen and oxygen atoms in total. The summed E-state index contributed by atoms with van der Waals surface area (Å²) in [4.78, 5) is 0. The number of nitrogens with two attached hydrogens (primary N) is 1. The maximum atomic E-state index is 13.4. The second-order valence-corrected chi connectivity index (χ2v) is 4.11. The highest BCUT2D eigenvalue weighted by Gasteiger charge is 2.04. The minimum atomic E-state index is -0.217. The Morgan fingerprint density at radius 2 is 1.69 bits per heavy atom. The SMILES string of the molecule is Cc1ccc(-c2ccc(Cl)c(N)c2)cc1F. The molecule has 0 atom stereocenters. The first-order valence-electron chi connectivity index (χ1n) is 4.89. The minimum Gasteiger partial charge on any atom is -0.398 e. The molecule has 0 saturated heterocycles. The van der Waals surface area contributed by atoms with Crippen LogP contribution < -0.4 is 5.73 Å². The van der Waals surface area contributed by atoms with Crippen molar-refractivity contribution >= 4 is 17.3 Å². The molecule has 0 aromatic heterocycles. The molecule has 2 rings (SSSR count). The van der Waals surface area contributed by atoms with Crippen LogP contribution >= 0.6 is 11.6 Å². The molecule has 2 aromatic carbocycles. The zero-order valence-corrected chi connectivity index (χ0v) is 9.55. The molecule has 0 aliphatic carbocycles. The Hall–Kier alpha value is -1.54. The molecular weight excluding hydrogens is 225 g/mol. The Labute approximate surface area is 98.7 Å². The molecule has 2 N–H and O–H groups in total. The molecule has 0 aliphatic heterocycles. The van der Waals surface area contributed by atoms with E-state index in [1.165, 1.54) is 6.07 Å². The molecule has 0 fully saturated rings. The molecule has 0 aliphatic rings. The van der Waals surface area contributed by atoms with Crippen molar-refractivity contribution in [3.8, 4) is 11.1 Å². The van der Waals surface area contributed by atoms with Gasteiger partial charge in [0.2, 0.25) is 0 Å². The molecular formula is C13H11ClFN. The van der Waals surface area contributed by atoms with E-state index in [0.717, 1.165) is 11.1 Å². The molecule has 0 spiro atoms. The Morgan fingerprint density at radius 1 is 1.06 bits per heavy atom. The summed E-state index contributed by atoms with van der Waals surface area (Å²) >= 11 is 5.83. The van der Waals surface area contributed by atoms with Gasteiger partial charge in [0.05, 0.1) is 10.7 Å². The summed E-state index contributed by atoms with van der Waals surface area (Å²) in [6, 6.07) is 10.4. The van der Waals surface area contributed by atoms with Crippen LogP contribution in [-0.4, -0.2) is 0 Å². The predicted molar refractivity (Wildman–Crippen MR) is 66.0 cm³/mol. The van der Waals surface area contributed by atoms with E-state index in [9.17, 15) is 4.39 Å². The standard InChI is InChI=1S/C13H11ClFN/c1-8-2-3-9(6-12(8)15)10-4-5-11(14)13(16)7-10/h2-7H,16H2,1H3. The minimum absolute atomic E-state index is 0.217. The average Bonchev–Trinajstić information content (AvgIpc) is 2.26. The highest BCUT2D eigenvalue weighted by molar-refractivity contribution is 6.33. The van der Waals surface area contributed by atoms with E-state index in [4.69, 9.17) is 17.3 Å². The molecule has 2 aromatic rings. The highest BCUT2D eigenvalue weighted by atomic mass is 35.5. The fourth-order valence-corrected chi connectivity index (χ4v) is 1.61. The van der Waals surface area contributed by atoms with Crippen LogP contribution in [0.1, 0.15) is 5.56 Å². The van der Waals surface area contributed by atoms with Gasteiger partial charge in [-0.15, -0.1) is 0 Å². The maximum absolute atomic E-state index is 13.4. The van der Waals surface area contributed by atoms with Gasteiger partial charge in [0.15, 0.2) is 0 Å². The van der Waals surface area contributed by atoms with Gasteiger partial charge in [0.1, 0.15) is 5.82 Å². The van der Waals surface area contributed by atoms with Gasteiger partial charge in [-0.25, -0.2) is 4.39 Å². The molecule has 0 heterocycles. The molecule has 82 valence electrons. The van der Waals surface area contributed by atoms with Crippen molar-refractivity contribution in [2.24, 2.45) is 0 Å². The van der Waals surface area contributed by atoms with Crippen LogP contribution in [0.25, 0.3) is 11.1 Å². The van der Waals surface area contributed by atoms with Gasteiger partial charge in [-0.05, 0) is 41.8 Å². The van der Waals surface area contributed by atoms with Gasteiger partial charge >= 0.3 is 0 Å². The van der Waals surface area contributed by atoms with Crippen LogP contribution in [0.5, 0.6) is 0 Å². The lowest BCUT2D eigenvalue weighted by molar-refractivity contribution is 0.619. The van der Waals surface area contributed by atoms with Crippen molar-refractivity contribution in [3.05, 3.63) is 52.8 Å². The summed E-state index contributed by atoms with van der Waals surface area (Å²) < 4.78 is 13.4. The van der Waals surface area contributed by atoms with Crippen LogP contribution in [0, 0.1) is 12.7 Å². The van der Waals surface area contributed by atoms with Gasteiger partial charge in [-0.2, -0.15) is 0 Å². The average molecular weight is 236 g/mol. The summed E-state index contributed by atoms with van der Waals surface area (Å²) in [6.45, 7) is 1.73. The van der Waals surface area contributed by atoms with E-state index in [-0.39, 0.29) is 5.82 Å². The van der Waals surface area contributed by atoms with Gasteiger partial charge < -0.3 is 5.73 Å². The third-order valence-corrected chi connectivity index (χ3v) is 2.85.